The zero-order valence-corrected chi connectivity index (χ0v) is 7.30. The Morgan fingerprint density at radius 3 is 3.15 bits per heavy atom. The van der Waals surface area contributed by atoms with Crippen LogP contribution in [0.2, 0.25) is 0 Å². The van der Waals surface area contributed by atoms with Crippen LogP contribution < -0.4 is 5.32 Å². The number of tetrazole rings is 1. The molecule has 2 N–H and O–H groups in total. The second-order valence-corrected chi connectivity index (χ2v) is 3.02. The zero-order valence-electron chi connectivity index (χ0n) is 7.30. The van der Waals surface area contributed by atoms with Crippen LogP contribution in [0.15, 0.2) is 6.08 Å². The van der Waals surface area contributed by atoms with E-state index < -0.39 is 6.10 Å². The van der Waals surface area contributed by atoms with Crippen LogP contribution in [0.25, 0.3) is 5.57 Å². The van der Waals surface area contributed by atoms with Gasteiger partial charge in [0.25, 0.3) is 0 Å². The number of nitrogens with zero attached hydrogens (tertiary/aromatic N) is 4. The monoisotopic (exact) mass is 181 g/mol. The predicted octanol–water partition coefficient (Wildman–Crippen LogP) is -1.44. The van der Waals surface area contributed by atoms with Gasteiger partial charge < -0.3 is 10.4 Å². The molecular weight excluding hydrogens is 170 g/mol. The molecule has 0 amide bonds. The zero-order chi connectivity index (χ0) is 9.26. The van der Waals surface area contributed by atoms with Gasteiger partial charge in [-0.25, -0.2) is 4.68 Å². The molecule has 2 heterocycles. The Kier molecular flexibility index (Phi) is 2.07. The Morgan fingerprint density at radius 1 is 1.69 bits per heavy atom. The van der Waals surface area contributed by atoms with Crippen LogP contribution in [0.5, 0.6) is 0 Å². The molecule has 0 saturated carbocycles. The third-order valence-corrected chi connectivity index (χ3v) is 1.97. The molecular formula is C7H11N5O. The molecule has 0 spiro atoms. The maximum Gasteiger partial charge on any atom is 0.178 e. The second kappa shape index (κ2) is 3.23. The molecule has 70 valence electrons. The fraction of sp³-hybridized carbons (Fsp3) is 0.571. The summed E-state index contributed by atoms with van der Waals surface area (Å²) >= 11 is 0. The lowest BCUT2D eigenvalue weighted by molar-refractivity contribution is 0.216. The van der Waals surface area contributed by atoms with Crippen LogP contribution in [0.4, 0.5) is 0 Å². The fourth-order valence-electron chi connectivity index (χ4n) is 1.36. The summed E-state index contributed by atoms with van der Waals surface area (Å²) < 4.78 is 1.59. The van der Waals surface area contributed by atoms with Crippen molar-refractivity contribution in [3.05, 3.63) is 11.9 Å². The summed E-state index contributed by atoms with van der Waals surface area (Å²) in [5.41, 5.74) is 0.936. The summed E-state index contributed by atoms with van der Waals surface area (Å²) in [7, 11) is 1.77. The third kappa shape index (κ3) is 1.58. The van der Waals surface area contributed by atoms with Crippen LogP contribution in [-0.2, 0) is 7.05 Å². The highest BCUT2D eigenvalue weighted by Gasteiger charge is 2.15. The van der Waals surface area contributed by atoms with Crippen LogP contribution >= 0.6 is 0 Å². The van der Waals surface area contributed by atoms with Crippen molar-refractivity contribution in [2.75, 3.05) is 13.1 Å². The van der Waals surface area contributed by atoms with E-state index in [1.54, 1.807) is 17.8 Å². The van der Waals surface area contributed by atoms with E-state index in [4.69, 9.17) is 0 Å². The molecule has 1 aliphatic heterocycles. The summed E-state index contributed by atoms with van der Waals surface area (Å²) in [6.45, 7) is 1.29. The van der Waals surface area contributed by atoms with E-state index in [1.807, 2.05) is 0 Å². The number of hydrogen-bond donors (Lipinski definition) is 2. The lowest BCUT2D eigenvalue weighted by Crippen LogP contribution is -2.32. The molecule has 2 rings (SSSR count). The van der Waals surface area contributed by atoms with Gasteiger partial charge >= 0.3 is 0 Å². The number of β-amino-alcohol motifs (C(OH)–C–C–N with tert-alkyl or cyclic N) is 1. The summed E-state index contributed by atoms with van der Waals surface area (Å²) in [5, 5.41) is 23.5. The van der Waals surface area contributed by atoms with E-state index >= 15 is 0 Å². The van der Waals surface area contributed by atoms with Gasteiger partial charge in [0.2, 0.25) is 0 Å². The minimum atomic E-state index is -0.444. The Bertz CT molecular complexity index is 331. The molecule has 0 bridgehead atoms. The Hall–Kier alpha value is -1.27. The molecule has 0 aliphatic carbocycles. The molecule has 0 fully saturated rings. The number of aliphatic hydroxyl groups is 1. The highest BCUT2D eigenvalue weighted by atomic mass is 16.3. The van der Waals surface area contributed by atoms with Gasteiger partial charge in [0, 0.05) is 25.7 Å². The Labute approximate surface area is 75.3 Å². The molecule has 1 aromatic heterocycles. The molecule has 1 atom stereocenters. The summed E-state index contributed by atoms with van der Waals surface area (Å²) in [5.74, 6) is 0.700. The van der Waals surface area contributed by atoms with Crippen LogP contribution in [-0.4, -0.2) is 44.5 Å². The number of hydrogen-bond acceptors (Lipinski definition) is 5. The molecule has 1 unspecified atom stereocenters. The molecule has 6 heteroatoms. The molecule has 0 radical (unpaired) electrons. The van der Waals surface area contributed by atoms with Crippen molar-refractivity contribution in [2.45, 2.75) is 6.10 Å². The molecule has 1 aliphatic rings. The lowest BCUT2D eigenvalue weighted by Gasteiger charge is -2.16. The smallest absolute Gasteiger partial charge is 0.178 e. The van der Waals surface area contributed by atoms with Crippen molar-refractivity contribution in [1.29, 1.82) is 0 Å². The SMILES string of the molecule is Cn1nnnc1C1=CC(O)CNC1. The van der Waals surface area contributed by atoms with Crippen molar-refractivity contribution < 1.29 is 5.11 Å². The van der Waals surface area contributed by atoms with Gasteiger partial charge in [0.1, 0.15) is 0 Å². The Balaban J connectivity index is 2.30. The van der Waals surface area contributed by atoms with Gasteiger partial charge in [0.05, 0.1) is 6.10 Å². The maximum absolute atomic E-state index is 9.35. The second-order valence-electron chi connectivity index (χ2n) is 3.02. The third-order valence-electron chi connectivity index (χ3n) is 1.97. The van der Waals surface area contributed by atoms with E-state index in [-0.39, 0.29) is 0 Å². The van der Waals surface area contributed by atoms with Gasteiger partial charge in [0.15, 0.2) is 5.82 Å². The first-order valence-electron chi connectivity index (χ1n) is 4.09. The highest BCUT2D eigenvalue weighted by molar-refractivity contribution is 5.62. The van der Waals surface area contributed by atoms with Gasteiger partial charge in [-0.1, -0.05) is 0 Å². The number of rotatable bonds is 1. The topological polar surface area (TPSA) is 75.9 Å². The first-order chi connectivity index (χ1) is 6.27. The number of aromatic nitrogens is 4. The van der Waals surface area contributed by atoms with E-state index in [2.05, 4.69) is 20.8 Å². The summed E-state index contributed by atoms with van der Waals surface area (Å²) in [6.07, 6.45) is 1.34. The van der Waals surface area contributed by atoms with E-state index in [0.717, 1.165) is 5.57 Å². The first-order valence-corrected chi connectivity index (χ1v) is 4.09. The summed E-state index contributed by atoms with van der Waals surface area (Å²) in [6, 6.07) is 0. The van der Waals surface area contributed by atoms with E-state index in [1.165, 1.54) is 0 Å². The molecule has 0 saturated heterocycles. The average molecular weight is 181 g/mol. The van der Waals surface area contributed by atoms with Crippen LogP contribution in [0, 0.1) is 0 Å². The maximum atomic E-state index is 9.35. The Morgan fingerprint density at radius 2 is 2.54 bits per heavy atom. The molecule has 1 aromatic rings. The van der Waals surface area contributed by atoms with Gasteiger partial charge in [-0.3, -0.25) is 0 Å². The molecule has 0 aromatic carbocycles. The predicted molar refractivity (Wildman–Crippen MR) is 45.7 cm³/mol. The number of aryl methyl sites for hydroxylation is 1. The lowest BCUT2D eigenvalue weighted by atomic mass is 10.1. The minimum Gasteiger partial charge on any atom is -0.388 e. The van der Waals surface area contributed by atoms with E-state index in [0.29, 0.717) is 18.9 Å². The van der Waals surface area contributed by atoms with Crippen molar-refractivity contribution in [3.8, 4) is 0 Å². The van der Waals surface area contributed by atoms with Gasteiger partial charge in [-0.15, -0.1) is 5.10 Å². The highest BCUT2D eigenvalue weighted by Crippen LogP contribution is 2.12. The van der Waals surface area contributed by atoms with Gasteiger partial charge in [-0.2, -0.15) is 0 Å². The number of nitrogens with one attached hydrogen (secondary N) is 1. The van der Waals surface area contributed by atoms with Crippen molar-refractivity contribution in [2.24, 2.45) is 7.05 Å². The van der Waals surface area contributed by atoms with Crippen LogP contribution in [0.1, 0.15) is 5.82 Å². The quantitative estimate of drug-likeness (QED) is 0.555. The van der Waals surface area contributed by atoms with E-state index in [9.17, 15) is 5.11 Å². The normalized spacial score (nSPS) is 22.9. The van der Waals surface area contributed by atoms with Crippen molar-refractivity contribution in [3.63, 3.8) is 0 Å². The minimum absolute atomic E-state index is 0.444. The average Bonchev–Trinajstić information content (AvgIpc) is 2.51. The standard InChI is InChI=1S/C7H11N5O/c1-12-7(9-10-11-12)5-2-6(13)4-8-3-5/h2,6,8,13H,3-4H2,1H3. The molecule has 6 nitrogen and oxygen atoms in total. The number of aliphatic hydroxyl groups excluding tert-OH is 1. The van der Waals surface area contributed by atoms with Gasteiger partial charge in [-0.05, 0) is 16.5 Å². The van der Waals surface area contributed by atoms with Crippen molar-refractivity contribution in [1.82, 2.24) is 25.5 Å². The fourth-order valence-corrected chi connectivity index (χ4v) is 1.36. The van der Waals surface area contributed by atoms with Crippen LogP contribution in [0.3, 0.4) is 0 Å². The largest absolute Gasteiger partial charge is 0.388 e. The first kappa shape index (κ1) is 8.33. The van der Waals surface area contributed by atoms with Crippen molar-refractivity contribution >= 4 is 5.57 Å². The molecule has 13 heavy (non-hydrogen) atoms. The summed E-state index contributed by atoms with van der Waals surface area (Å²) in [4.78, 5) is 0.